The predicted octanol–water partition coefficient (Wildman–Crippen LogP) is 2.12. The standard InChI is InChI=1S/C18H18N2O5S2/c1-20(10-11-4-7-16(26-3)15(8-11)25-2)27(23,24)12-5-6-13-14(9-12)18(22)19-17(13)21/h4-9H,10H2,1-3H3,(H,19,21,22). The monoisotopic (exact) mass is 406 g/mol. The van der Waals surface area contributed by atoms with Crippen LogP contribution in [0.4, 0.5) is 0 Å². The number of amides is 2. The molecule has 1 N–H and O–H groups in total. The number of fused-ring (bicyclic) bond motifs is 1. The Balaban J connectivity index is 1.88. The molecule has 9 heteroatoms. The fourth-order valence-corrected chi connectivity index (χ4v) is 4.54. The number of methoxy groups -OCH3 is 1. The number of benzene rings is 2. The van der Waals surface area contributed by atoms with Gasteiger partial charge in [0.1, 0.15) is 5.75 Å². The minimum absolute atomic E-state index is 0.0405. The second kappa shape index (κ2) is 7.34. The average Bonchev–Trinajstić information content (AvgIpc) is 2.95. The van der Waals surface area contributed by atoms with E-state index in [1.165, 1.54) is 41.3 Å². The summed E-state index contributed by atoms with van der Waals surface area (Å²) in [6.07, 6.45) is 1.93. The summed E-state index contributed by atoms with van der Waals surface area (Å²) < 4.78 is 32.3. The second-order valence-electron chi connectivity index (χ2n) is 5.94. The Morgan fingerprint density at radius 2 is 1.78 bits per heavy atom. The molecule has 0 aliphatic carbocycles. The van der Waals surface area contributed by atoms with E-state index in [4.69, 9.17) is 4.74 Å². The topological polar surface area (TPSA) is 92.8 Å². The van der Waals surface area contributed by atoms with E-state index >= 15 is 0 Å². The average molecular weight is 406 g/mol. The van der Waals surface area contributed by atoms with Crippen LogP contribution in [0.3, 0.4) is 0 Å². The number of carbonyl (C=O) groups excluding carboxylic acids is 2. The van der Waals surface area contributed by atoms with E-state index in [1.54, 1.807) is 13.2 Å². The van der Waals surface area contributed by atoms with Crippen molar-refractivity contribution in [1.29, 1.82) is 0 Å². The van der Waals surface area contributed by atoms with E-state index in [1.807, 2.05) is 18.4 Å². The van der Waals surface area contributed by atoms with Gasteiger partial charge in [-0.15, -0.1) is 11.8 Å². The lowest BCUT2D eigenvalue weighted by Crippen LogP contribution is -2.26. The highest BCUT2D eigenvalue weighted by Gasteiger charge is 2.30. The Morgan fingerprint density at radius 3 is 2.44 bits per heavy atom. The third-order valence-corrected chi connectivity index (χ3v) is 6.85. The van der Waals surface area contributed by atoms with Gasteiger partial charge in [-0.2, -0.15) is 4.31 Å². The number of hydrogen-bond donors (Lipinski definition) is 1. The van der Waals surface area contributed by atoms with Crippen molar-refractivity contribution in [2.75, 3.05) is 20.4 Å². The van der Waals surface area contributed by atoms with E-state index in [0.717, 1.165) is 10.5 Å². The van der Waals surface area contributed by atoms with Crippen molar-refractivity contribution in [3.63, 3.8) is 0 Å². The van der Waals surface area contributed by atoms with Gasteiger partial charge in [0, 0.05) is 18.5 Å². The highest BCUT2D eigenvalue weighted by Crippen LogP contribution is 2.29. The van der Waals surface area contributed by atoms with Crippen LogP contribution in [0.25, 0.3) is 0 Å². The maximum absolute atomic E-state index is 12.9. The van der Waals surface area contributed by atoms with Gasteiger partial charge in [0.05, 0.1) is 23.1 Å². The van der Waals surface area contributed by atoms with Crippen molar-refractivity contribution in [2.24, 2.45) is 0 Å². The SMILES string of the molecule is COc1cc(CN(C)S(=O)(=O)c2ccc3c(c2)C(=O)NC3=O)ccc1SC. The molecular weight excluding hydrogens is 388 g/mol. The smallest absolute Gasteiger partial charge is 0.258 e. The zero-order chi connectivity index (χ0) is 19.8. The molecule has 1 heterocycles. The molecule has 0 atom stereocenters. The van der Waals surface area contributed by atoms with Crippen LogP contribution in [0.2, 0.25) is 0 Å². The summed E-state index contributed by atoms with van der Waals surface area (Å²) >= 11 is 1.54. The van der Waals surface area contributed by atoms with Crippen LogP contribution in [-0.4, -0.2) is 45.0 Å². The molecule has 1 aliphatic heterocycles. The zero-order valence-electron chi connectivity index (χ0n) is 15.0. The largest absolute Gasteiger partial charge is 0.496 e. The maximum Gasteiger partial charge on any atom is 0.258 e. The van der Waals surface area contributed by atoms with E-state index < -0.39 is 21.8 Å². The van der Waals surface area contributed by atoms with Gasteiger partial charge in [0.25, 0.3) is 11.8 Å². The number of imide groups is 1. The van der Waals surface area contributed by atoms with Crippen LogP contribution < -0.4 is 10.1 Å². The molecule has 0 fully saturated rings. The summed E-state index contributed by atoms with van der Waals surface area (Å²) in [5, 5.41) is 2.15. The quantitative estimate of drug-likeness (QED) is 0.584. The Hall–Kier alpha value is -2.36. The van der Waals surface area contributed by atoms with E-state index in [9.17, 15) is 18.0 Å². The highest BCUT2D eigenvalue weighted by atomic mass is 32.2. The van der Waals surface area contributed by atoms with Gasteiger partial charge in [0.2, 0.25) is 10.0 Å². The van der Waals surface area contributed by atoms with Gasteiger partial charge in [-0.1, -0.05) is 6.07 Å². The Labute approximate surface area is 161 Å². The maximum atomic E-state index is 12.9. The lowest BCUT2D eigenvalue weighted by molar-refractivity contribution is 0.0879. The predicted molar refractivity (Wildman–Crippen MR) is 102 cm³/mol. The number of ether oxygens (including phenoxy) is 1. The van der Waals surface area contributed by atoms with Crippen molar-refractivity contribution in [1.82, 2.24) is 9.62 Å². The molecule has 27 heavy (non-hydrogen) atoms. The molecular formula is C18H18N2O5S2. The molecule has 2 aromatic carbocycles. The molecule has 0 saturated heterocycles. The summed E-state index contributed by atoms with van der Waals surface area (Å²) in [7, 11) is -0.812. The second-order valence-corrected chi connectivity index (χ2v) is 8.83. The van der Waals surface area contributed by atoms with Gasteiger partial charge >= 0.3 is 0 Å². The first-order valence-electron chi connectivity index (χ1n) is 7.95. The first kappa shape index (κ1) is 19.4. The molecule has 2 amide bonds. The van der Waals surface area contributed by atoms with Crippen molar-refractivity contribution in [3.8, 4) is 5.75 Å². The van der Waals surface area contributed by atoms with Crippen LogP contribution in [-0.2, 0) is 16.6 Å². The number of rotatable bonds is 6. The molecule has 0 bridgehead atoms. The molecule has 142 valence electrons. The Morgan fingerprint density at radius 1 is 1.07 bits per heavy atom. The molecule has 0 aromatic heterocycles. The number of hydrogen-bond acceptors (Lipinski definition) is 6. The van der Waals surface area contributed by atoms with Gasteiger partial charge < -0.3 is 4.74 Å². The molecule has 1 aliphatic rings. The number of sulfonamides is 1. The minimum atomic E-state index is -3.84. The normalized spacial score (nSPS) is 13.6. The van der Waals surface area contributed by atoms with Crippen LogP contribution in [0.15, 0.2) is 46.2 Å². The molecule has 7 nitrogen and oxygen atoms in total. The van der Waals surface area contributed by atoms with Gasteiger partial charge in [-0.3, -0.25) is 14.9 Å². The number of thioether (sulfide) groups is 1. The van der Waals surface area contributed by atoms with Crippen molar-refractivity contribution >= 4 is 33.6 Å². The third-order valence-electron chi connectivity index (χ3n) is 4.27. The summed E-state index contributed by atoms with van der Waals surface area (Å²) in [5.74, 6) is -0.432. The van der Waals surface area contributed by atoms with Crippen LogP contribution >= 0.6 is 11.8 Å². The molecule has 0 unspecified atom stereocenters. The Kier molecular flexibility index (Phi) is 5.27. The van der Waals surface area contributed by atoms with Gasteiger partial charge in [-0.25, -0.2) is 8.42 Å². The minimum Gasteiger partial charge on any atom is -0.496 e. The molecule has 0 spiro atoms. The van der Waals surface area contributed by atoms with Gasteiger partial charge in [0.15, 0.2) is 0 Å². The fraction of sp³-hybridized carbons (Fsp3) is 0.222. The number of carbonyl (C=O) groups is 2. The van der Waals surface area contributed by atoms with E-state index in [0.29, 0.717) is 5.75 Å². The number of nitrogens with one attached hydrogen (secondary N) is 1. The molecule has 0 saturated carbocycles. The fourth-order valence-electron chi connectivity index (χ4n) is 2.81. The summed E-state index contributed by atoms with van der Waals surface area (Å²) in [6.45, 7) is 0.134. The summed E-state index contributed by atoms with van der Waals surface area (Å²) in [4.78, 5) is 24.3. The summed E-state index contributed by atoms with van der Waals surface area (Å²) in [5.41, 5.74) is 1.02. The molecule has 3 rings (SSSR count). The first-order valence-corrected chi connectivity index (χ1v) is 10.6. The van der Waals surface area contributed by atoms with Crippen LogP contribution in [0.5, 0.6) is 5.75 Å². The van der Waals surface area contributed by atoms with Crippen LogP contribution in [0, 0.1) is 0 Å². The van der Waals surface area contributed by atoms with Crippen molar-refractivity contribution in [2.45, 2.75) is 16.3 Å². The van der Waals surface area contributed by atoms with E-state index in [2.05, 4.69) is 5.32 Å². The van der Waals surface area contributed by atoms with Gasteiger partial charge in [-0.05, 0) is 42.2 Å². The first-order chi connectivity index (χ1) is 12.8. The molecule has 0 radical (unpaired) electrons. The molecule has 2 aromatic rings. The lowest BCUT2D eigenvalue weighted by Gasteiger charge is -2.18. The summed E-state index contributed by atoms with van der Waals surface area (Å²) in [6, 6.07) is 9.44. The Bertz CT molecular complexity index is 1030. The number of nitrogens with zero attached hydrogens (tertiary/aromatic N) is 1. The van der Waals surface area contributed by atoms with Crippen molar-refractivity contribution in [3.05, 3.63) is 53.1 Å². The van der Waals surface area contributed by atoms with Crippen molar-refractivity contribution < 1.29 is 22.7 Å². The zero-order valence-corrected chi connectivity index (χ0v) is 16.6. The lowest BCUT2D eigenvalue weighted by atomic mass is 10.1. The third kappa shape index (κ3) is 3.58. The van der Waals surface area contributed by atoms with E-state index in [-0.39, 0.29) is 22.6 Å². The highest BCUT2D eigenvalue weighted by molar-refractivity contribution is 7.98. The van der Waals surface area contributed by atoms with Crippen LogP contribution in [0.1, 0.15) is 26.3 Å².